The lowest BCUT2D eigenvalue weighted by atomic mass is 9.58. The fourth-order valence-corrected chi connectivity index (χ4v) is 3.00. The molecule has 3 atom stereocenters. The third-order valence-electron chi connectivity index (χ3n) is 4.33. The number of rotatable bonds is 1. The molecule has 1 nitrogen and oxygen atoms in total. The highest BCUT2D eigenvalue weighted by Gasteiger charge is 2.43. The molecule has 0 bridgehead atoms. The maximum Gasteiger partial charge on any atom is 0.0159 e. The molecule has 0 aliphatic heterocycles. The van der Waals surface area contributed by atoms with Crippen LogP contribution < -0.4 is 5.73 Å². The quantitative estimate of drug-likeness (QED) is 0.664. The van der Waals surface area contributed by atoms with Gasteiger partial charge in [-0.25, -0.2) is 0 Å². The second kappa shape index (κ2) is 3.27. The highest BCUT2D eigenvalue weighted by atomic mass is 14.8. The number of nitrogens with two attached hydrogens (primary N) is 1. The van der Waals surface area contributed by atoms with Crippen LogP contribution in [0.25, 0.3) is 0 Å². The zero-order valence-electron chi connectivity index (χ0n) is 9.85. The molecule has 0 aromatic rings. The van der Waals surface area contributed by atoms with Gasteiger partial charge in [-0.05, 0) is 36.5 Å². The smallest absolute Gasteiger partial charge is 0.0159 e. The Hall–Kier alpha value is -0.0400. The lowest BCUT2D eigenvalue weighted by Gasteiger charge is -2.50. The van der Waals surface area contributed by atoms with E-state index in [9.17, 15) is 0 Å². The standard InChI is InChI=1S/C12H25N/c1-6-12(13)7-9(2)10(3)11(4,5)8-12/h9-10H,6-8,13H2,1-5H3. The summed E-state index contributed by atoms with van der Waals surface area (Å²) in [6.07, 6.45) is 3.50. The molecule has 78 valence electrons. The van der Waals surface area contributed by atoms with Crippen molar-refractivity contribution >= 4 is 0 Å². The molecule has 0 saturated heterocycles. The Kier molecular flexibility index (Phi) is 2.78. The third-order valence-corrected chi connectivity index (χ3v) is 4.33. The predicted molar refractivity (Wildman–Crippen MR) is 58.6 cm³/mol. The van der Waals surface area contributed by atoms with E-state index in [-0.39, 0.29) is 5.54 Å². The maximum atomic E-state index is 6.39. The van der Waals surface area contributed by atoms with Crippen LogP contribution >= 0.6 is 0 Å². The zero-order valence-corrected chi connectivity index (χ0v) is 9.85. The summed E-state index contributed by atoms with van der Waals surface area (Å²) in [6.45, 7) is 11.7. The van der Waals surface area contributed by atoms with Crippen LogP contribution in [-0.4, -0.2) is 5.54 Å². The molecule has 0 heterocycles. The molecule has 13 heavy (non-hydrogen) atoms. The van der Waals surface area contributed by atoms with Crippen molar-refractivity contribution in [3.8, 4) is 0 Å². The summed E-state index contributed by atoms with van der Waals surface area (Å²) in [4.78, 5) is 0. The number of hydrogen-bond acceptors (Lipinski definition) is 1. The molecular formula is C12H25N. The van der Waals surface area contributed by atoms with Crippen molar-refractivity contribution in [3.05, 3.63) is 0 Å². The van der Waals surface area contributed by atoms with Crippen LogP contribution in [-0.2, 0) is 0 Å². The summed E-state index contributed by atoms with van der Waals surface area (Å²) >= 11 is 0. The van der Waals surface area contributed by atoms with Gasteiger partial charge in [0.05, 0.1) is 0 Å². The van der Waals surface area contributed by atoms with Crippen LogP contribution in [0, 0.1) is 17.3 Å². The van der Waals surface area contributed by atoms with Crippen LogP contribution in [0.15, 0.2) is 0 Å². The van der Waals surface area contributed by atoms with Crippen LogP contribution in [0.3, 0.4) is 0 Å². The molecule has 0 aromatic heterocycles. The summed E-state index contributed by atoms with van der Waals surface area (Å²) in [5, 5.41) is 0. The summed E-state index contributed by atoms with van der Waals surface area (Å²) < 4.78 is 0. The first kappa shape index (κ1) is 11.0. The Morgan fingerprint density at radius 2 is 1.85 bits per heavy atom. The lowest BCUT2D eigenvalue weighted by Crippen LogP contribution is -2.52. The molecule has 3 unspecified atom stereocenters. The van der Waals surface area contributed by atoms with Gasteiger partial charge in [0.25, 0.3) is 0 Å². The monoisotopic (exact) mass is 183 g/mol. The SMILES string of the molecule is CCC1(N)CC(C)C(C)C(C)(C)C1. The first-order valence-electron chi connectivity index (χ1n) is 5.59. The molecule has 1 aliphatic carbocycles. The molecule has 0 aromatic carbocycles. The van der Waals surface area contributed by atoms with E-state index in [1.54, 1.807) is 0 Å². The molecule has 1 heteroatoms. The van der Waals surface area contributed by atoms with Crippen molar-refractivity contribution in [2.45, 2.75) is 59.4 Å². The minimum absolute atomic E-state index is 0.107. The van der Waals surface area contributed by atoms with Crippen molar-refractivity contribution in [2.24, 2.45) is 23.0 Å². The molecule has 2 N–H and O–H groups in total. The molecule has 1 saturated carbocycles. The zero-order chi connectivity index (χ0) is 10.3. The maximum absolute atomic E-state index is 6.39. The van der Waals surface area contributed by atoms with Crippen molar-refractivity contribution in [3.63, 3.8) is 0 Å². The van der Waals surface area contributed by atoms with Gasteiger partial charge in [0.1, 0.15) is 0 Å². The van der Waals surface area contributed by atoms with Crippen LogP contribution in [0.1, 0.15) is 53.9 Å². The minimum atomic E-state index is 0.107. The van der Waals surface area contributed by atoms with E-state index in [0.29, 0.717) is 5.41 Å². The highest BCUT2D eigenvalue weighted by molar-refractivity contribution is 4.98. The second-order valence-electron chi connectivity index (χ2n) is 5.85. The Morgan fingerprint density at radius 3 is 2.23 bits per heavy atom. The Labute approximate surface area is 83.1 Å². The van der Waals surface area contributed by atoms with Crippen molar-refractivity contribution in [2.75, 3.05) is 0 Å². The second-order valence-corrected chi connectivity index (χ2v) is 5.85. The molecule has 1 rings (SSSR count). The summed E-state index contributed by atoms with van der Waals surface area (Å²) in [5.41, 5.74) is 6.91. The summed E-state index contributed by atoms with van der Waals surface area (Å²) in [7, 11) is 0. The van der Waals surface area contributed by atoms with Crippen molar-refractivity contribution in [1.29, 1.82) is 0 Å². The van der Waals surface area contributed by atoms with Gasteiger partial charge >= 0.3 is 0 Å². The van der Waals surface area contributed by atoms with Gasteiger partial charge in [-0.3, -0.25) is 0 Å². The first-order valence-corrected chi connectivity index (χ1v) is 5.59. The normalized spacial score (nSPS) is 44.8. The molecule has 1 aliphatic rings. The van der Waals surface area contributed by atoms with E-state index in [4.69, 9.17) is 5.73 Å². The van der Waals surface area contributed by atoms with E-state index in [0.717, 1.165) is 18.3 Å². The largest absolute Gasteiger partial charge is 0.325 e. The molecule has 0 spiro atoms. The highest BCUT2D eigenvalue weighted by Crippen LogP contribution is 2.47. The van der Waals surface area contributed by atoms with E-state index >= 15 is 0 Å². The Morgan fingerprint density at radius 1 is 1.31 bits per heavy atom. The van der Waals surface area contributed by atoms with E-state index in [2.05, 4.69) is 34.6 Å². The van der Waals surface area contributed by atoms with Gasteiger partial charge in [0.2, 0.25) is 0 Å². The van der Waals surface area contributed by atoms with Gasteiger partial charge in [-0.1, -0.05) is 34.6 Å². The fraction of sp³-hybridized carbons (Fsp3) is 1.00. The van der Waals surface area contributed by atoms with Crippen molar-refractivity contribution < 1.29 is 0 Å². The van der Waals surface area contributed by atoms with Crippen LogP contribution in [0.4, 0.5) is 0 Å². The van der Waals surface area contributed by atoms with Crippen LogP contribution in [0.5, 0.6) is 0 Å². The third kappa shape index (κ3) is 2.07. The van der Waals surface area contributed by atoms with Gasteiger partial charge in [-0.2, -0.15) is 0 Å². The van der Waals surface area contributed by atoms with Crippen molar-refractivity contribution in [1.82, 2.24) is 0 Å². The first-order chi connectivity index (χ1) is 5.81. The van der Waals surface area contributed by atoms with E-state index in [1.165, 1.54) is 12.8 Å². The molecular weight excluding hydrogens is 158 g/mol. The lowest BCUT2D eigenvalue weighted by molar-refractivity contribution is 0.0390. The average Bonchev–Trinajstić information content (AvgIpc) is 2.00. The Bertz CT molecular complexity index is 183. The van der Waals surface area contributed by atoms with Gasteiger partial charge < -0.3 is 5.73 Å². The minimum Gasteiger partial charge on any atom is -0.325 e. The fourth-order valence-electron chi connectivity index (χ4n) is 3.00. The van der Waals surface area contributed by atoms with Gasteiger partial charge in [0, 0.05) is 5.54 Å². The summed E-state index contributed by atoms with van der Waals surface area (Å²) in [6, 6.07) is 0. The molecule has 1 fully saturated rings. The van der Waals surface area contributed by atoms with E-state index < -0.39 is 0 Å². The average molecular weight is 183 g/mol. The Balaban J connectivity index is 2.81. The summed E-state index contributed by atoms with van der Waals surface area (Å²) in [5.74, 6) is 1.57. The van der Waals surface area contributed by atoms with Gasteiger partial charge in [-0.15, -0.1) is 0 Å². The van der Waals surface area contributed by atoms with Gasteiger partial charge in [0.15, 0.2) is 0 Å². The molecule has 0 amide bonds. The predicted octanol–water partition coefficient (Wildman–Crippen LogP) is 3.19. The van der Waals surface area contributed by atoms with Crippen LogP contribution in [0.2, 0.25) is 0 Å². The molecule has 0 radical (unpaired) electrons. The van der Waals surface area contributed by atoms with E-state index in [1.807, 2.05) is 0 Å². The topological polar surface area (TPSA) is 26.0 Å². The number of hydrogen-bond donors (Lipinski definition) is 1.